The van der Waals surface area contributed by atoms with E-state index in [4.69, 9.17) is 0 Å². The van der Waals surface area contributed by atoms with Gasteiger partial charge in [0, 0.05) is 17.7 Å². The van der Waals surface area contributed by atoms with Crippen LogP contribution in [0.2, 0.25) is 0 Å². The quantitative estimate of drug-likeness (QED) is 0.792. The fraction of sp³-hybridized carbons (Fsp3) is 0.462. The van der Waals surface area contributed by atoms with E-state index in [0.29, 0.717) is 6.07 Å². The molecule has 0 fully saturated rings. The number of anilines is 1. The van der Waals surface area contributed by atoms with Crippen LogP contribution in [-0.2, 0) is 11.0 Å². The van der Waals surface area contributed by atoms with Crippen LogP contribution in [0.25, 0.3) is 0 Å². The van der Waals surface area contributed by atoms with E-state index in [0.717, 1.165) is 6.07 Å². The van der Waals surface area contributed by atoms with Gasteiger partial charge in [0.2, 0.25) is 5.91 Å². The third-order valence-corrected chi connectivity index (χ3v) is 2.29. The van der Waals surface area contributed by atoms with Crippen molar-refractivity contribution >= 4 is 11.6 Å². The summed E-state index contributed by atoms with van der Waals surface area (Å²) in [7, 11) is 0. The van der Waals surface area contributed by atoms with Gasteiger partial charge >= 0.3 is 6.18 Å². The Hall–Kier alpha value is -1.59. The van der Waals surface area contributed by atoms with Gasteiger partial charge in [-0.1, -0.05) is 20.8 Å². The molecule has 0 aromatic heterocycles. The maximum atomic E-state index is 13.4. The van der Waals surface area contributed by atoms with Gasteiger partial charge in [-0.15, -0.1) is 0 Å². The molecule has 19 heavy (non-hydrogen) atoms. The number of hydrogen-bond acceptors (Lipinski definition) is 1. The lowest BCUT2D eigenvalue weighted by Gasteiger charge is -2.13. The molecule has 0 saturated carbocycles. The highest BCUT2D eigenvalue weighted by atomic mass is 19.4. The van der Waals surface area contributed by atoms with Crippen molar-refractivity contribution in [2.24, 2.45) is 0 Å². The molecule has 0 saturated heterocycles. The highest BCUT2D eigenvalue weighted by Gasteiger charge is 2.35. The molecule has 2 nitrogen and oxygen atoms in total. The van der Waals surface area contributed by atoms with Crippen LogP contribution in [-0.4, -0.2) is 5.91 Å². The number of benzene rings is 1. The molecule has 0 radical (unpaired) electrons. The Kier molecular flexibility index (Phi) is 6.52. The normalized spacial score (nSPS) is 10.5. The summed E-state index contributed by atoms with van der Waals surface area (Å²) in [6.07, 6.45) is -4.57. The Morgan fingerprint density at radius 3 is 2.21 bits per heavy atom. The van der Waals surface area contributed by atoms with Crippen molar-refractivity contribution in [3.8, 4) is 0 Å². The molecular formula is C13H17F4NO. The smallest absolute Gasteiger partial charge is 0.326 e. The van der Waals surface area contributed by atoms with Gasteiger partial charge in [-0.3, -0.25) is 4.79 Å². The minimum Gasteiger partial charge on any atom is -0.326 e. The molecule has 0 heterocycles. The highest BCUT2D eigenvalue weighted by Crippen LogP contribution is 2.34. The summed E-state index contributed by atoms with van der Waals surface area (Å²) >= 11 is 0. The predicted octanol–water partition coefficient (Wildman–Crippen LogP) is 4.53. The van der Waals surface area contributed by atoms with E-state index >= 15 is 0 Å². The maximum absolute atomic E-state index is 13.4. The van der Waals surface area contributed by atoms with Gasteiger partial charge in [0.15, 0.2) is 0 Å². The number of nitrogens with one attached hydrogen (secondary N) is 1. The summed E-state index contributed by atoms with van der Waals surface area (Å²) in [5, 5.41) is 2.33. The number of rotatable bonds is 2. The summed E-state index contributed by atoms with van der Waals surface area (Å²) < 4.78 is 50.5. The topological polar surface area (TPSA) is 29.1 Å². The van der Waals surface area contributed by atoms with E-state index in [2.05, 4.69) is 5.32 Å². The van der Waals surface area contributed by atoms with Crippen molar-refractivity contribution in [1.29, 1.82) is 0 Å². The summed E-state index contributed by atoms with van der Waals surface area (Å²) in [6.45, 7) is 6.78. The van der Waals surface area contributed by atoms with Crippen molar-refractivity contribution < 1.29 is 22.4 Å². The third kappa shape index (κ3) is 4.54. The molecule has 0 aliphatic carbocycles. The number of hydrogen-bond donors (Lipinski definition) is 1. The second kappa shape index (κ2) is 7.11. The zero-order valence-corrected chi connectivity index (χ0v) is 11.3. The number of carbonyl (C=O) groups is 1. The molecule has 1 N–H and O–H groups in total. The number of carbonyl (C=O) groups excluding carboxylic acids is 1. The van der Waals surface area contributed by atoms with Crippen LogP contribution in [0.15, 0.2) is 12.1 Å². The lowest BCUT2D eigenvalue weighted by molar-refractivity contribution is -0.140. The van der Waals surface area contributed by atoms with E-state index in [1.54, 1.807) is 6.92 Å². The van der Waals surface area contributed by atoms with Gasteiger partial charge < -0.3 is 5.32 Å². The molecule has 0 spiro atoms. The largest absolute Gasteiger partial charge is 0.419 e. The standard InChI is InChI=1S/C11H11F4NO.C2H6/c1-3-9(17)16-8-5-4-7(11(13,14)15)10(12)6(8)2;1-2/h4-5H,3H2,1-2H3,(H,16,17);1-2H3. The van der Waals surface area contributed by atoms with Crippen molar-refractivity contribution in [3.63, 3.8) is 0 Å². The molecule has 0 bridgehead atoms. The Morgan fingerprint density at radius 2 is 1.79 bits per heavy atom. The zero-order valence-electron chi connectivity index (χ0n) is 11.3. The van der Waals surface area contributed by atoms with Crippen molar-refractivity contribution in [3.05, 3.63) is 29.1 Å². The van der Waals surface area contributed by atoms with Crippen molar-refractivity contribution in [2.45, 2.75) is 40.3 Å². The van der Waals surface area contributed by atoms with E-state index in [-0.39, 0.29) is 23.6 Å². The minimum absolute atomic E-state index is 0.0577. The van der Waals surface area contributed by atoms with Crippen LogP contribution >= 0.6 is 0 Å². The van der Waals surface area contributed by atoms with Crippen LogP contribution in [0, 0.1) is 12.7 Å². The van der Waals surface area contributed by atoms with Crippen LogP contribution in [0.1, 0.15) is 38.3 Å². The average Bonchev–Trinajstić information content (AvgIpc) is 2.35. The molecule has 0 unspecified atom stereocenters. The third-order valence-electron chi connectivity index (χ3n) is 2.29. The van der Waals surface area contributed by atoms with E-state index in [1.807, 2.05) is 13.8 Å². The maximum Gasteiger partial charge on any atom is 0.419 e. The molecule has 0 aliphatic rings. The van der Waals surface area contributed by atoms with Crippen molar-refractivity contribution in [1.82, 2.24) is 0 Å². The lowest BCUT2D eigenvalue weighted by Crippen LogP contribution is -2.14. The summed E-state index contributed by atoms with van der Waals surface area (Å²) in [5.74, 6) is -1.74. The molecule has 1 amide bonds. The Bertz CT molecular complexity index is 441. The van der Waals surface area contributed by atoms with Crippen LogP contribution in [0.3, 0.4) is 0 Å². The molecule has 6 heteroatoms. The summed E-state index contributed by atoms with van der Waals surface area (Å²) in [4.78, 5) is 11.1. The number of alkyl halides is 3. The molecule has 1 aromatic rings. The van der Waals surface area contributed by atoms with Crippen LogP contribution in [0.5, 0.6) is 0 Å². The minimum atomic E-state index is -4.73. The lowest BCUT2D eigenvalue weighted by atomic mass is 10.1. The highest BCUT2D eigenvalue weighted by molar-refractivity contribution is 5.91. The van der Waals surface area contributed by atoms with E-state index in [9.17, 15) is 22.4 Å². The molecule has 0 atom stereocenters. The Labute approximate surface area is 109 Å². The van der Waals surface area contributed by atoms with Gasteiger partial charge in [0.05, 0.1) is 5.56 Å². The Balaban J connectivity index is 0.00000154. The first-order chi connectivity index (χ1) is 8.77. The monoisotopic (exact) mass is 279 g/mol. The van der Waals surface area contributed by atoms with Gasteiger partial charge in [0.1, 0.15) is 5.82 Å². The fourth-order valence-corrected chi connectivity index (χ4v) is 1.28. The number of amides is 1. The van der Waals surface area contributed by atoms with Gasteiger partial charge in [0.25, 0.3) is 0 Å². The van der Waals surface area contributed by atoms with Gasteiger partial charge in [-0.25, -0.2) is 4.39 Å². The molecule has 0 aliphatic heterocycles. The average molecular weight is 279 g/mol. The molecule has 1 aromatic carbocycles. The van der Waals surface area contributed by atoms with Gasteiger partial charge in [-0.2, -0.15) is 13.2 Å². The van der Waals surface area contributed by atoms with E-state index < -0.39 is 17.6 Å². The first-order valence-electron chi connectivity index (χ1n) is 5.93. The molecular weight excluding hydrogens is 262 g/mol. The SMILES string of the molecule is CC.CCC(=O)Nc1ccc(C(F)(F)F)c(F)c1C. The Morgan fingerprint density at radius 1 is 1.26 bits per heavy atom. The fourth-order valence-electron chi connectivity index (χ4n) is 1.28. The summed E-state index contributed by atoms with van der Waals surface area (Å²) in [6, 6.07) is 1.67. The molecule has 1 rings (SSSR count). The molecule has 108 valence electrons. The summed E-state index contributed by atoms with van der Waals surface area (Å²) in [5.41, 5.74) is -1.49. The second-order valence-corrected chi connectivity index (χ2v) is 3.50. The van der Waals surface area contributed by atoms with E-state index in [1.165, 1.54) is 6.92 Å². The first kappa shape index (κ1) is 17.4. The predicted molar refractivity (Wildman–Crippen MR) is 66.4 cm³/mol. The number of halogens is 4. The van der Waals surface area contributed by atoms with Gasteiger partial charge in [-0.05, 0) is 19.1 Å². The zero-order chi connectivity index (χ0) is 15.2. The first-order valence-corrected chi connectivity index (χ1v) is 5.93. The van der Waals surface area contributed by atoms with Crippen molar-refractivity contribution in [2.75, 3.05) is 5.32 Å². The van der Waals surface area contributed by atoms with Crippen LogP contribution < -0.4 is 5.32 Å². The second-order valence-electron chi connectivity index (χ2n) is 3.50. The van der Waals surface area contributed by atoms with Crippen LogP contribution in [0.4, 0.5) is 23.2 Å².